The molecular formula is C14H14N2O2S. The lowest BCUT2D eigenvalue weighted by Gasteiger charge is -2.01. The molecule has 0 radical (unpaired) electrons. The molecule has 2 aromatic rings. The zero-order chi connectivity index (χ0) is 13.7. The molecule has 0 N–H and O–H groups in total. The van der Waals surface area contributed by atoms with Gasteiger partial charge in [-0.2, -0.15) is 0 Å². The number of carbonyl (C=O) groups is 1. The van der Waals surface area contributed by atoms with Crippen molar-refractivity contribution >= 4 is 17.3 Å². The van der Waals surface area contributed by atoms with Gasteiger partial charge in [-0.15, -0.1) is 10.2 Å². The molecule has 0 aliphatic carbocycles. The van der Waals surface area contributed by atoms with Crippen LogP contribution in [0.25, 0.3) is 10.6 Å². The molecule has 0 bridgehead atoms. The van der Waals surface area contributed by atoms with Gasteiger partial charge in [0, 0.05) is 11.6 Å². The van der Waals surface area contributed by atoms with Crippen molar-refractivity contribution in [3.8, 4) is 16.3 Å². The van der Waals surface area contributed by atoms with Gasteiger partial charge in [0.25, 0.3) is 0 Å². The quantitative estimate of drug-likeness (QED) is 0.487. The van der Waals surface area contributed by atoms with E-state index in [-0.39, 0.29) is 5.97 Å². The molecule has 0 atom stereocenters. The number of allylic oxidation sites excluding steroid dienone is 1. The molecule has 1 aromatic carbocycles. The Kier molecular flexibility index (Phi) is 4.41. The highest BCUT2D eigenvalue weighted by Crippen LogP contribution is 2.25. The summed E-state index contributed by atoms with van der Waals surface area (Å²) in [5, 5.41) is 9.83. The summed E-state index contributed by atoms with van der Waals surface area (Å²) in [4.78, 5) is 11.4. The Balaban J connectivity index is 2.06. The zero-order valence-electron chi connectivity index (χ0n) is 10.8. The fraction of sp³-hybridized carbons (Fsp3) is 0.214. The third-order valence-corrected chi connectivity index (χ3v) is 3.22. The van der Waals surface area contributed by atoms with E-state index >= 15 is 0 Å². The van der Waals surface area contributed by atoms with Crippen LogP contribution in [0.5, 0.6) is 5.75 Å². The van der Waals surface area contributed by atoms with Crippen molar-refractivity contribution in [1.29, 1.82) is 0 Å². The van der Waals surface area contributed by atoms with Crippen LogP contribution in [0.2, 0.25) is 0 Å². The van der Waals surface area contributed by atoms with Gasteiger partial charge in [0.2, 0.25) is 0 Å². The second-order valence-electron chi connectivity index (χ2n) is 3.88. The summed E-state index contributed by atoms with van der Waals surface area (Å²) in [6, 6.07) is 7.24. The smallest absolute Gasteiger partial charge is 0.335 e. The number of nitrogens with zero attached hydrogens (tertiary/aromatic N) is 2. The molecular weight excluding hydrogens is 260 g/mol. The molecule has 1 heterocycles. The number of ether oxygens (including phenoxy) is 1. The number of aryl methyl sites for hydroxylation is 1. The van der Waals surface area contributed by atoms with Gasteiger partial charge in [0.15, 0.2) is 0 Å². The van der Waals surface area contributed by atoms with E-state index in [0.29, 0.717) is 5.75 Å². The van der Waals surface area contributed by atoms with Gasteiger partial charge in [-0.05, 0) is 37.6 Å². The first-order valence-electron chi connectivity index (χ1n) is 5.98. The van der Waals surface area contributed by atoms with Crippen LogP contribution in [-0.2, 0) is 4.79 Å². The van der Waals surface area contributed by atoms with Gasteiger partial charge in [-0.3, -0.25) is 0 Å². The predicted octanol–water partition coefficient (Wildman–Crippen LogP) is 3.39. The molecule has 19 heavy (non-hydrogen) atoms. The highest BCUT2D eigenvalue weighted by Gasteiger charge is 2.05. The van der Waals surface area contributed by atoms with Crippen molar-refractivity contribution < 1.29 is 9.53 Å². The standard InChI is InChI=1S/C14H14N2O2S/c1-3-4-5-13(17)18-12-8-6-11(7-9-12)14-16-15-10(2)19-14/h4-9H,3H2,1-2H3. The van der Waals surface area contributed by atoms with E-state index < -0.39 is 0 Å². The molecule has 0 aliphatic rings. The molecule has 0 aliphatic heterocycles. The minimum atomic E-state index is -0.360. The molecule has 0 amide bonds. The van der Waals surface area contributed by atoms with Crippen molar-refractivity contribution in [3.05, 3.63) is 41.4 Å². The molecule has 4 nitrogen and oxygen atoms in total. The predicted molar refractivity (Wildman–Crippen MR) is 75.1 cm³/mol. The summed E-state index contributed by atoms with van der Waals surface area (Å²) in [6.45, 7) is 3.88. The van der Waals surface area contributed by atoms with E-state index in [0.717, 1.165) is 22.0 Å². The summed E-state index contributed by atoms with van der Waals surface area (Å²) in [5.41, 5.74) is 0.967. The van der Waals surface area contributed by atoms with Gasteiger partial charge >= 0.3 is 5.97 Å². The average molecular weight is 274 g/mol. The number of benzene rings is 1. The molecule has 0 spiro atoms. The third kappa shape index (κ3) is 3.72. The molecule has 1 aromatic heterocycles. The highest BCUT2D eigenvalue weighted by molar-refractivity contribution is 7.14. The minimum Gasteiger partial charge on any atom is -0.423 e. The lowest BCUT2D eigenvalue weighted by Crippen LogP contribution is -2.03. The van der Waals surface area contributed by atoms with Crippen molar-refractivity contribution in [2.45, 2.75) is 20.3 Å². The Morgan fingerprint density at radius 2 is 2.05 bits per heavy atom. The largest absolute Gasteiger partial charge is 0.423 e. The van der Waals surface area contributed by atoms with E-state index in [4.69, 9.17) is 4.74 Å². The van der Waals surface area contributed by atoms with E-state index in [9.17, 15) is 4.79 Å². The fourth-order valence-corrected chi connectivity index (χ4v) is 2.14. The normalized spacial score (nSPS) is 10.8. The first kappa shape index (κ1) is 13.4. The van der Waals surface area contributed by atoms with Crippen LogP contribution in [-0.4, -0.2) is 16.2 Å². The first-order chi connectivity index (χ1) is 9.19. The maximum absolute atomic E-state index is 11.4. The van der Waals surface area contributed by atoms with Gasteiger partial charge in [-0.25, -0.2) is 4.79 Å². The second kappa shape index (κ2) is 6.24. The molecule has 0 unspecified atom stereocenters. The Morgan fingerprint density at radius 1 is 1.32 bits per heavy atom. The van der Waals surface area contributed by atoms with Crippen LogP contribution in [0, 0.1) is 6.92 Å². The van der Waals surface area contributed by atoms with E-state index in [1.807, 2.05) is 26.0 Å². The van der Waals surface area contributed by atoms with Crippen LogP contribution < -0.4 is 4.74 Å². The zero-order valence-corrected chi connectivity index (χ0v) is 11.6. The average Bonchev–Trinajstić information content (AvgIpc) is 2.84. The van der Waals surface area contributed by atoms with E-state index in [2.05, 4.69) is 10.2 Å². The van der Waals surface area contributed by atoms with Crippen molar-refractivity contribution in [1.82, 2.24) is 10.2 Å². The lowest BCUT2D eigenvalue weighted by molar-refractivity contribution is -0.129. The van der Waals surface area contributed by atoms with Crippen LogP contribution >= 0.6 is 11.3 Å². The van der Waals surface area contributed by atoms with Crippen LogP contribution in [0.1, 0.15) is 18.4 Å². The van der Waals surface area contributed by atoms with Crippen molar-refractivity contribution in [3.63, 3.8) is 0 Å². The summed E-state index contributed by atoms with van der Waals surface area (Å²) >= 11 is 1.53. The summed E-state index contributed by atoms with van der Waals surface area (Å²) in [7, 11) is 0. The number of hydrogen-bond donors (Lipinski definition) is 0. The summed E-state index contributed by atoms with van der Waals surface area (Å²) < 4.78 is 5.15. The lowest BCUT2D eigenvalue weighted by atomic mass is 10.2. The van der Waals surface area contributed by atoms with Crippen LogP contribution in [0.3, 0.4) is 0 Å². The molecule has 0 saturated carbocycles. The van der Waals surface area contributed by atoms with Gasteiger partial charge in [0.1, 0.15) is 15.8 Å². The van der Waals surface area contributed by atoms with Crippen molar-refractivity contribution in [2.75, 3.05) is 0 Å². The molecule has 0 fully saturated rings. The highest BCUT2D eigenvalue weighted by atomic mass is 32.1. The maximum Gasteiger partial charge on any atom is 0.335 e. The third-order valence-electron chi connectivity index (χ3n) is 2.34. The number of rotatable bonds is 4. The first-order valence-corrected chi connectivity index (χ1v) is 6.79. The maximum atomic E-state index is 11.4. The van der Waals surface area contributed by atoms with Crippen LogP contribution in [0.15, 0.2) is 36.4 Å². The van der Waals surface area contributed by atoms with Gasteiger partial charge in [-0.1, -0.05) is 24.3 Å². The number of carbonyl (C=O) groups excluding carboxylic acids is 1. The van der Waals surface area contributed by atoms with Gasteiger partial charge < -0.3 is 4.74 Å². The number of hydrogen-bond acceptors (Lipinski definition) is 5. The number of aromatic nitrogens is 2. The fourth-order valence-electron chi connectivity index (χ4n) is 1.44. The number of esters is 1. The molecule has 0 saturated heterocycles. The summed E-state index contributed by atoms with van der Waals surface area (Å²) in [6.07, 6.45) is 4.01. The van der Waals surface area contributed by atoms with E-state index in [1.165, 1.54) is 17.4 Å². The Hall–Kier alpha value is -2.01. The second-order valence-corrected chi connectivity index (χ2v) is 5.06. The van der Waals surface area contributed by atoms with E-state index in [1.54, 1.807) is 18.2 Å². The topological polar surface area (TPSA) is 52.1 Å². The van der Waals surface area contributed by atoms with Crippen molar-refractivity contribution in [2.24, 2.45) is 0 Å². The van der Waals surface area contributed by atoms with Crippen LogP contribution in [0.4, 0.5) is 0 Å². The Labute approximate surface area is 115 Å². The minimum absolute atomic E-state index is 0.360. The Bertz CT molecular complexity index is 588. The summed E-state index contributed by atoms with van der Waals surface area (Å²) in [5.74, 6) is 0.164. The monoisotopic (exact) mass is 274 g/mol. The van der Waals surface area contributed by atoms with Gasteiger partial charge in [0.05, 0.1) is 0 Å². The SMILES string of the molecule is CCC=CC(=O)Oc1ccc(-c2nnc(C)s2)cc1. The molecule has 5 heteroatoms. The molecule has 98 valence electrons. The Morgan fingerprint density at radius 3 is 2.63 bits per heavy atom. The molecule has 2 rings (SSSR count).